The van der Waals surface area contributed by atoms with E-state index in [4.69, 9.17) is 4.74 Å². The maximum Gasteiger partial charge on any atom is 0.337 e. The van der Waals surface area contributed by atoms with Crippen LogP contribution in [0.25, 0.3) is 16.9 Å². The van der Waals surface area contributed by atoms with Crippen molar-refractivity contribution in [1.29, 1.82) is 0 Å². The SMILES string of the molecule is COC(=O)c1ccc(-n2c(=O)n(C3CCNC3)c3ncccc32)cc1.Cl. The van der Waals surface area contributed by atoms with E-state index >= 15 is 0 Å². The number of ether oxygens (including phenoxy) is 1. The van der Waals surface area contributed by atoms with Gasteiger partial charge in [-0.1, -0.05) is 0 Å². The number of carbonyl (C=O) groups excluding carboxylic acids is 1. The first-order chi connectivity index (χ1) is 12.2. The van der Waals surface area contributed by atoms with E-state index in [9.17, 15) is 9.59 Å². The number of esters is 1. The highest BCUT2D eigenvalue weighted by atomic mass is 35.5. The van der Waals surface area contributed by atoms with Gasteiger partial charge in [-0.15, -0.1) is 12.4 Å². The van der Waals surface area contributed by atoms with Crippen LogP contribution in [-0.4, -0.2) is 40.3 Å². The molecule has 1 saturated heterocycles. The molecule has 7 nitrogen and oxygen atoms in total. The molecule has 1 aromatic carbocycles. The van der Waals surface area contributed by atoms with Crippen molar-refractivity contribution in [3.63, 3.8) is 0 Å². The molecule has 0 aliphatic carbocycles. The molecule has 0 saturated carbocycles. The predicted molar refractivity (Wildman–Crippen MR) is 100 cm³/mol. The minimum atomic E-state index is -0.403. The summed E-state index contributed by atoms with van der Waals surface area (Å²) >= 11 is 0. The molecule has 1 unspecified atom stereocenters. The number of hydrogen-bond acceptors (Lipinski definition) is 5. The zero-order valence-corrected chi connectivity index (χ0v) is 15.0. The Morgan fingerprint density at radius 3 is 2.69 bits per heavy atom. The van der Waals surface area contributed by atoms with E-state index in [0.717, 1.165) is 25.0 Å². The average molecular weight is 375 g/mol. The lowest BCUT2D eigenvalue weighted by molar-refractivity contribution is 0.0601. The highest BCUT2D eigenvalue weighted by molar-refractivity contribution is 5.89. The fourth-order valence-electron chi connectivity index (χ4n) is 3.35. The van der Waals surface area contributed by atoms with Gasteiger partial charge in [0.25, 0.3) is 0 Å². The van der Waals surface area contributed by atoms with Gasteiger partial charge >= 0.3 is 11.7 Å². The molecule has 26 heavy (non-hydrogen) atoms. The Bertz CT molecular complexity index is 988. The van der Waals surface area contributed by atoms with Crippen molar-refractivity contribution in [3.8, 4) is 5.69 Å². The van der Waals surface area contributed by atoms with Gasteiger partial charge in [-0.2, -0.15) is 0 Å². The Balaban J connectivity index is 0.00000196. The quantitative estimate of drug-likeness (QED) is 0.709. The molecule has 2 aromatic heterocycles. The number of methoxy groups -OCH3 is 1. The van der Waals surface area contributed by atoms with Gasteiger partial charge in [0.2, 0.25) is 0 Å². The van der Waals surface area contributed by atoms with Crippen LogP contribution in [0, 0.1) is 0 Å². The maximum atomic E-state index is 13.1. The van der Waals surface area contributed by atoms with E-state index in [-0.39, 0.29) is 24.1 Å². The second-order valence-electron chi connectivity index (χ2n) is 6.02. The fraction of sp³-hybridized carbons (Fsp3) is 0.278. The maximum absolute atomic E-state index is 13.1. The summed E-state index contributed by atoms with van der Waals surface area (Å²) in [6, 6.07) is 10.6. The number of imidazole rings is 1. The third-order valence-corrected chi connectivity index (χ3v) is 4.58. The van der Waals surface area contributed by atoms with E-state index in [0.29, 0.717) is 16.9 Å². The molecule has 136 valence electrons. The van der Waals surface area contributed by atoms with Gasteiger partial charge in [0.05, 0.1) is 29.9 Å². The van der Waals surface area contributed by atoms with Crippen LogP contribution >= 0.6 is 12.4 Å². The van der Waals surface area contributed by atoms with Crippen LogP contribution in [-0.2, 0) is 4.74 Å². The molecular formula is C18H19ClN4O3. The van der Waals surface area contributed by atoms with Crippen molar-refractivity contribution in [1.82, 2.24) is 19.4 Å². The van der Waals surface area contributed by atoms with Crippen LogP contribution in [0.3, 0.4) is 0 Å². The molecule has 8 heteroatoms. The number of hydrogen-bond donors (Lipinski definition) is 1. The zero-order chi connectivity index (χ0) is 17.4. The summed E-state index contributed by atoms with van der Waals surface area (Å²) in [5.74, 6) is -0.403. The highest BCUT2D eigenvalue weighted by Gasteiger charge is 2.24. The summed E-state index contributed by atoms with van der Waals surface area (Å²) in [4.78, 5) is 29.2. The van der Waals surface area contributed by atoms with Gasteiger partial charge in [-0.25, -0.2) is 14.6 Å². The Hall–Kier alpha value is -2.64. The lowest BCUT2D eigenvalue weighted by Gasteiger charge is -2.09. The van der Waals surface area contributed by atoms with Crippen molar-refractivity contribution in [2.75, 3.05) is 20.2 Å². The second kappa shape index (κ2) is 7.31. The first-order valence-corrected chi connectivity index (χ1v) is 8.18. The first kappa shape index (κ1) is 18.2. The largest absolute Gasteiger partial charge is 0.465 e. The van der Waals surface area contributed by atoms with E-state index in [1.165, 1.54) is 7.11 Å². The van der Waals surface area contributed by atoms with Crippen LogP contribution in [0.15, 0.2) is 47.4 Å². The topological polar surface area (TPSA) is 78.1 Å². The molecule has 1 aliphatic rings. The van der Waals surface area contributed by atoms with E-state index < -0.39 is 5.97 Å². The second-order valence-corrected chi connectivity index (χ2v) is 6.02. The van der Waals surface area contributed by atoms with E-state index in [1.54, 1.807) is 39.6 Å². The standard InChI is InChI=1S/C18H18N4O3.ClH/c1-25-17(23)12-4-6-13(7-5-12)21-15-3-2-9-20-16(15)22(18(21)24)14-8-10-19-11-14;/h2-7,9,14,19H,8,10-11H2,1H3;1H. The van der Waals surface area contributed by atoms with Gasteiger partial charge in [0.1, 0.15) is 0 Å². The summed E-state index contributed by atoms with van der Waals surface area (Å²) in [6.45, 7) is 1.65. The van der Waals surface area contributed by atoms with Crippen LogP contribution in [0.4, 0.5) is 0 Å². The van der Waals surface area contributed by atoms with Crippen molar-refractivity contribution >= 4 is 29.5 Å². The minimum absolute atomic E-state index is 0. The van der Waals surface area contributed by atoms with Gasteiger partial charge < -0.3 is 10.1 Å². The summed E-state index contributed by atoms with van der Waals surface area (Å²) in [5.41, 5.74) is 2.46. The lowest BCUT2D eigenvalue weighted by atomic mass is 10.2. The van der Waals surface area contributed by atoms with Gasteiger partial charge in [-0.05, 0) is 49.4 Å². The van der Waals surface area contributed by atoms with Gasteiger partial charge in [0, 0.05) is 12.7 Å². The molecule has 1 atom stereocenters. The molecule has 4 rings (SSSR count). The summed E-state index contributed by atoms with van der Waals surface area (Å²) in [6.07, 6.45) is 2.60. The van der Waals surface area contributed by atoms with E-state index in [1.807, 2.05) is 12.1 Å². The Kier molecular flexibility index (Phi) is 5.11. The third-order valence-electron chi connectivity index (χ3n) is 4.58. The molecular weight excluding hydrogens is 356 g/mol. The molecule has 0 amide bonds. The highest BCUT2D eigenvalue weighted by Crippen LogP contribution is 2.22. The number of nitrogens with zero attached hydrogens (tertiary/aromatic N) is 3. The Labute approximate surface area is 156 Å². The molecule has 3 heterocycles. The number of nitrogens with one attached hydrogen (secondary N) is 1. The van der Waals surface area contributed by atoms with Gasteiger partial charge in [0.15, 0.2) is 5.65 Å². The molecule has 0 spiro atoms. The smallest absolute Gasteiger partial charge is 0.337 e. The Morgan fingerprint density at radius 1 is 1.27 bits per heavy atom. The number of fused-ring (bicyclic) bond motifs is 1. The number of aromatic nitrogens is 3. The van der Waals surface area contributed by atoms with Crippen molar-refractivity contribution in [2.24, 2.45) is 0 Å². The number of pyridine rings is 1. The van der Waals surface area contributed by atoms with Crippen molar-refractivity contribution in [3.05, 3.63) is 58.6 Å². The molecule has 0 radical (unpaired) electrons. The summed E-state index contributed by atoms with van der Waals surface area (Å²) in [7, 11) is 1.34. The molecule has 1 aliphatic heterocycles. The van der Waals surface area contributed by atoms with E-state index in [2.05, 4.69) is 10.3 Å². The summed E-state index contributed by atoms with van der Waals surface area (Å²) < 4.78 is 8.13. The van der Waals surface area contributed by atoms with Crippen LogP contribution in [0.5, 0.6) is 0 Å². The van der Waals surface area contributed by atoms with Crippen LogP contribution in [0.1, 0.15) is 22.8 Å². The number of rotatable bonds is 3. The number of halogens is 1. The summed E-state index contributed by atoms with van der Waals surface area (Å²) in [5, 5.41) is 3.29. The van der Waals surface area contributed by atoms with Crippen LogP contribution in [0.2, 0.25) is 0 Å². The van der Waals surface area contributed by atoms with Gasteiger partial charge in [-0.3, -0.25) is 9.13 Å². The molecule has 1 N–H and O–H groups in total. The number of carbonyl (C=O) groups is 1. The molecule has 3 aromatic rings. The van der Waals surface area contributed by atoms with Crippen molar-refractivity contribution in [2.45, 2.75) is 12.5 Å². The monoisotopic (exact) mass is 374 g/mol. The van der Waals surface area contributed by atoms with Crippen LogP contribution < -0.4 is 11.0 Å². The third kappa shape index (κ3) is 2.89. The average Bonchev–Trinajstić information content (AvgIpc) is 3.26. The first-order valence-electron chi connectivity index (χ1n) is 8.18. The molecule has 0 bridgehead atoms. The predicted octanol–water partition coefficient (Wildman–Crippen LogP) is 1.93. The zero-order valence-electron chi connectivity index (χ0n) is 14.2. The molecule has 1 fully saturated rings. The number of benzene rings is 1. The Morgan fingerprint density at radius 2 is 2.04 bits per heavy atom. The fourth-order valence-corrected chi connectivity index (χ4v) is 3.35. The normalized spacial score (nSPS) is 16.4. The minimum Gasteiger partial charge on any atom is -0.465 e. The lowest BCUT2D eigenvalue weighted by Crippen LogP contribution is -2.28. The van der Waals surface area contributed by atoms with Crippen molar-refractivity contribution < 1.29 is 9.53 Å².